The van der Waals surface area contributed by atoms with Crippen LogP contribution in [-0.4, -0.2) is 59.3 Å². The Kier molecular flexibility index (Phi) is 6.11. The van der Waals surface area contributed by atoms with E-state index in [1.54, 1.807) is 12.1 Å². The van der Waals surface area contributed by atoms with Gasteiger partial charge in [0.1, 0.15) is 5.82 Å². The van der Waals surface area contributed by atoms with Crippen LogP contribution in [0.25, 0.3) is 0 Å². The van der Waals surface area contributed by atoms with E-state index in [2.05, 4.69) is 10.2 Å². The van der Waals surface area contributed by atoms with Gasteiger partial charge in [-0.1, -0.05) is 12.1 Å². The van der Waals surface area contributed by atoms with Crippen LogP contribution in [0.15, 0.2) is 24.3 Å². The first kappa shape index (κ1) is 20.6. The van der Waals surface area contributed by atoms with Crippen LogP contribution < -0.4 is 5.32 Å². The van der Waals surface area contributed by atoms with E-state index >= 15 is 0 Å². The molecule has 1 unspecified atom stereocenters. The monoisotopic (exact) mass is 403 g/mol. The highest BCUT2D eigenvalue weighted by atomic mass is 19.1. The molecule has 1 spiro atoms. The molecule has 6 heteroatoms. The molecule has 2 amide bonds. The average molecular weight is 404 g/mol. The maximum Gasteiger partial charge on any atom is 0.317 e. The van der Waals surface area contributed by atoms with Gasteiger partial charge in [0.2, 0.25) is 0 Å². The summed E-state index contributed by atoms with van der Waals surface area (Å²) >= 11 is 0. The number of carbonyl (C=O) groups excluding carboxylic acids is 1. The molecular weight excluding hydrogens is 369 g/mol. The first-order valence-electron chi connectivity index (χ1n) is 11.1. The first-order chi connectivity index (χ1) is 13.9. The maximum atomic E-state index is 13.3. The van der Waals surface area contributed by atoms with E-state index in [9.17, 15) is 9.18 Å². The summed E-state index contributed by atoms with van der Waals surface area (Å²) in [6, 6.07) is 8.28. The number of piperidine rings is 1. The quantitative estimate of drug-likeness (QED) is 0.810. The lowest BCUT2D eigenvalue weighted by Crippen LogP contribution is -2.56. The molecule has 0 aromatic heterocycles. The van der Waals surface area contributed by atoms with Gasteiger partial charge in [-0.2, -0.15) is 0 Å². The van der Waals surface area contributed by atoms with E-state index in [-0.39, 0.29) is 23.5 Å². The normalized spacial score (nSPS) is 24.3. The van der Waals surface area contributed by atoms with Crippen molar-refractivity contribution in [2.75, 3.05) is 19.7 Å². The van der Waals surface area contributed by atoms with Crippen LogP contribution in [-0.2, 0) is 11.3 Å². The summed E-state index contributed by atoms with van der Waals surface area (Å²) in [6.45, 7) is 7.17. The van der Waals surface area contributed by atoms with Crippen LogP contribution >= 0.6 is 0 Å². The molecule has 5 nitrogen and oxygen atoms in total. The molecule has 1 N–H and O–H groups in total. The molecule has 2 aliphatic heterocycles. The molecule has 0 bridgehead atoms. The van der Waals surface area contributed by atoms with Gasteiger partial charge in [-0.3, -0.25) is 4.90 Å². The highest BCUT2D eigenvalue weighted by Gasteiger charge is 2.45. The Morgan fingerprint density at radius 1 is 1.21 bits per heavy atom. The summed E-state index contributed by atoms with van der Waals surface area (Å²) in [4.78, 5) is 16.9. The summed E-state index contributed by atoms with van der Waals surface area (Å²) in [5.74, 6) is -0.176. The molecule has 160 valence electrons. The van der Waals surface area contributed by atoms with Crippen LogP contribution in [0, 0.1) is 5.82 Å². The molecule has 1 saturated carbocycles. The minimum atomic E-state index is -0.176. The number of likely N-dealkylation sites (tertiary alicyclic amines) is 1. The van der Waals surface area contributed by atoms with E-state index in [1.165, 1.54) is 18.4 Å². The fraction of sp³-hybridized carbons (Fsp3) is 0.696. The van der Waals surface area contributed by atoms with E-state index < -0.39 is 0 Å². The Morgan fingerprint density at radius 3 is 2.52 bits per heavy atom. The SMILES string of the molecule is CC(C)NC(=O)N1CCC2(CC1)CC(N(Cc1ccc(F)cc1)C1CC1)CCO2. The van der Waals surface area contributed by atoms with E-state index in [4.69, 9.17) is 4.74 Å². The van der Waals surface area contributed by atoms with Crippen molar-refractivity contribution in [1.82, 2.24) is 15.1 Å². The van der Waals surface area contributed by atoms with Crippen molar-refractivity contribution in [3.05, 3.63) is 35.6 Å². The lowest BCUT2D eigenvalue weighted by molar-refractivity contribution is -0.131. The van der Waals surface area contributed by atoms with Crippen molar-refractivity contribution >= 4 is 6.03 Å². The second kappa shape index (κ2) is 8.60. The maximum absolute atomic E-state index is 13.3. The van der Waals surface area contributed by atoms with Gasteiger partial charge in [0.05, 0.1) is 5.60 Å². The highest BCUT2D eigenvalue weighted by molar-refractivity contribution is 5.74. The van der Waals surface area contributed by atoms with Crippen LogP contribution in [0.5, 0.6) is 0 Å². The number of nitrogens with one attached hydrogen (secondary N) is 1. The Hall–Kier alpha value is -1.66. The fourth-order valence-corrected chi connectivity index (χ4v) is 4.85. The minimum absolute atomic E-state index is 0.0399. The van der Waals surface area contributed by atoms with Crippen molar-refractivity contribution in [2.45, 2.75) is 82.6 Å². The number of carbonyl (C=O) groups is 1. The zero-order valence-corrected chi connectivity index (χ0v) is 17.7. The number of halogens is 1. The second-order valence-electron chi connectivity index (χ2n) is 9.30. The fourth-order valence-electron chi connectivity index (χ4n) is 4.85. The number of hydrogen-bond acceptors (Lipinski definition) is 3. The summed E-state index contributed by atoms with van der Waals surface area (Å²) < 4.78 is 19.6. The predicted octanol–water partition coefficient (Wildman–Crippen LogP) is 3.92. The lowest BCUT2D eigenvalue weighted by Gasteiger charge is -2.48. The van der Waals surface area contributed by atoms with E-state index in [1.807, 2.05) is 30.9 Å². The van der Waals surface area contributed by atoms with E-state index in [0.29, 0.717) is 12.1 Å². The lowest BCUT2D eigenvalue weighted by atomic mass is 9.81. The number of ether oxygens (including phenoxy) is 1. The van der Waals surface area contributed by atoms with E-state index in [0.717, 1.165) is 51.9 Å². The molecule has 3 fully saturated rings. The van der Waals surface area contributed by atoms with Gasteiger partial charge in [0, 0.05) is 44.4 Å². The Morgan fingerprint density at radius 2 is 1.90 bits per heavy atom. The molecule has 29 heavy (non-hydrogen) atoms. The van der Waals surface area contributed by atoms with Gasteiger partial charge in [0.15, 0.2) is 0 Å². The van der Waals surface area contributed by atoms with Crippen LogP contribution in [0.2, 0.25) is 0 Å². The number of urea groups is 1. The van der Waals surface area contributed by atoms with Gasteiger partial charge in [0.25, 0.3) is 0 Å². The van der Waals surface area contributed by atoms with Gasteiger partial charge < -0.3 is 15.0 Å². The van der Waals surface area contributed by atoms with Crippen molar-refractivity contribution in [3.63, 3.8) is 0 Å². The zero-order chi connectivity index (χ0) is 20.4. The molecule has 1 aliphatic carbocycles. The molecule has 1 aromatic carbocycles. The molecular formula is C23H34FN3O2. The topological polar surface area (TPSA) is 44.8 Å². The molecule has 2 heterocycles. The van der Waals surface area contributed by atoms with Crippen molar-refractivity contribution in [2.24, 2.45) is 0 Å². The van der Waals surface area contributed by atoms with Gasteiger partial charge in [-0.05, 0) is 70.1 Å². The molecule has 2 saturated heterocycles. The largest absolute Gasteiger partial charge is 0.375 e. The third kappa shape index (κ3) is 5.10. The van der Waals surface area contributed by atoms with Gasteiger partial charge in [-0.25, -0.2) is 9.18 Å². The van der Waals surface area contributed by atoms with Crippen molar-refractivity contribution < 1.29 is 13.9 Å². The Labute approximate surface area is 173 Å². The smallest absolute Gasteiger partial charge is 0.317 e. The number of hydrogen-bond donors (Lipinski definition) is 1. The number of rotatable bonds is 5. The highest BCUT2D eigenvalue weighted by Crippen LogP contribution is 2.40. The van der Waals surface area contributed by atoms with Crippen LogP contribution in [0.4, 0.5) is 9.18 Å². The Bertz CT molecular complexity index is 697. The molecule has 1 aromatic rings. The first-order valence-corrected chi connectivity index (χ1v) is 11.1. The van der Waals surface area contributed by atoms with Crippen molar-refractivity contribution in [1.29, 1.82) is 0 Å². The molecule has 1 atom stereocenters. The third-order valence-electron chi connectivity index (χ3n) is 6.60. The van der Waals surface area contributed by atoms with Gasteiger partial charge >= 0.3 is 6.03 Å². The summed E-state index contributed by atoms with van der Waals surface area (Å²) in [5.41, 5.74) is 1.08. The summed E-state index contributed by atoms with van der Waals surface area (Å²) in [6.07, 6.45) is 6.42. The van der Waals surface area contributed by atoms with Crippen LogP contribution in [0.1, 0.15) is 57.9 Å². The molecule has 3 aliphatic rings. The molecule has 0 radical (unpaired) electrons. The zero-order valence-electron chi connectivity index (χ0n) is 17.7. The summed E-state index contributed by atoms with van der Waals surface area (Å²) in [5, 5.41) is 3.00. The third-order valence-corrected chi connectivity index (χ3v) is 6.60. The number of benzene rings is 1. The van der Waals surface area contributed by atoms with Crippen LogP contribution in [0.3, 0.4) is 0 Å². The number of amides is 2. The average Bonchev–Trinajstić information content (AvgIpc) is 3.53. The summed E-state index contributed by atoms with van der Waals surface area (Å²) in [7, 11) is 0. The second-order valence-corrected chi connectivity index (χ2v) is 9.30. The van der Waals surface area contributed by atoms with Crippen molar-refractivity contribution in [3.8, 4) is 0 Å². The number of nitrogens with zero attached hydrogens (tertiary/aromatic N) is 2. The van der Waals surface area contributed by atoms with Gasteiger partial charge in [-0.15, -0.1) is 0 Å². The minimum Gasteiger partial charge on any atom is -0.375 e. The Balaban J connectivity index is 1.38. The molecule has 4 rings (SSSR count). The standard InChI is InChI=1S/C23H34FN3O2/c1-17(2)25-22(28)26-12-10-23(11-13-26)15-21(9-14-29-23)27(20-7-8-20)16-18-3-5-19(24)6-4-18/h3-6,17,20-21H,7-16H2,1-2H3,(H,25,28). The predicted molar refractivity (Wildman–Crippen MR) is 111 cm³/mol.